The molecular formula is C22H34O4. The van der Waals surface area contributed by atoms with E-state index >= 15 is 0 Å². The summed E-state index contributed by atoms with van der Waals surface area (Å²) >= 11 is 0. The monoisotopic (exact) mass is 362 g/mol. The molecule has 1 aliphatic rings. The summed E-state index contributed by atoms with van der Waals surface area (Å²) in [6, 6.07) is 9.82. The van der Waals surface area contributed by atoms with Crippen LogP contribution in [-0.2, 0) is 19.0 Å². The van der Waals surface area contributed by atoms with E-state index in [1.54, 1.807) is 0 Å². The highest BCUT2D eigenvalue weighted by Crippen LogP contribution is 2.23. The summed E-state index contributed by atoms with van der Waals surface area (Å²) < 4.78 is 16.8. The van der Waals surface area contributed by atoms with Gasteiger partial charge in [-0.25, -0.2) is 0 Å². The van der Waals surface area contributed by atoms with Crippen molar-refractivity contribution in [1.82, 2.24) is 0 Å². The molecule has 0 atom stereocenters. The normalized spacial score (nSPS) is 20.0. The number of carbonyl (C=O) groups is 1. The van der Waals surface area contributed by atoms with Crippen LogP contribution in [0.4, 0.5) is 0 Å². The number of unbranched alkanes of at least 4 members (excludes halogenated alkanes) is 8. The van der Waals surface area contributed by atoms with Gasteiger partial charge in [0.1, 0.15) is 6.10 Å². The minimum absolute atomic E-state index is 0.136. The maximum absolute atomic E-state index is 11.9. The second-order valence-corrected chi connectivity index (χ2v) is 7.10. The molecule has 0 N–H and O–H groups in total. The zero-order chi connectivity index (χ0) is 18.5. The third-order valence-electron chi connectivity index (χ3n) is 4.72. The van der Waals surface area contributed by atoms with Crippen LogP contribution in [0.25, 0.3) is 0 Å². The maximum Gasteiger partial charge on any atom is 0.306 e. The van der Waals surface area contributed by atoms with Crippen LogP contribution in [0.15, 0.2) is 30.3 Å². The van der Waals surface area contributed by atoms with Crippen LogP contribution in [0.1, 0.15) is 83.0 Å². The van der Waals surface area contributed by atoms with Crippen molar-refractivity contribution >= 4 is 5.97 Å². The maximum atomic E-state index is 11.9. The van der Waals surface area contributed by atoms with Gasteiger partial charge in [0.15, 0.2) is 6.29 Å². The molecule has 1 aromatic carbocycles. The van der Waals surface area contributed by atoms with Crippen LogP contribution < -0.4 is 0 Å². The van der Waals surface area contributed by atoms with Gasteiger partial charge >= 0.3 is 5.97 Å². The molecule has 1 fully saturated rings. The first-order valence-corrected chi connectivity index (χ1v) is 10.3. The van der Waals surface area contributed by atoms with Crippen molar-refractivity contribution in [2.24, 2.45) is 0 Å². The second-order valence-electron chi connectivity index (χ2n) is 7.10. The number of esters is 1. The second kappa shape index (κ2) is 12.9. The number of carbonyl (C=O) groups excluding carboxylic acids is 1. The highest BCUT2D eigenvalue weighted by atomic mass is 16.7. The van der Waals surface area contributed by atoms with Gasteiger partial charge in [-0.2, -0.15) is 0 Å². The topological polar surface area (TPSA) is 44.8 Å². The van der Waals surface area contributed by atoms with Gasteiger partial charge in [-0.3, -0.25) is 4.79 Å². The molecule has 1 saturated heterocycles. The van der Waals surface area contributed by atoms with Crippen molar-refractivity contribution in [1.29, 1.82) is 0 Å². The van der Waals surface area contributed by atoms with Gasteiger partial charge in [0, 0.05) is 12.0 Å². The lowest BCUT2D eigenvalue weighted by Crippen LogP contribution is -2.35. The van der Waals surface area contributed by atoms with Gasteiger partial charge in [-0.1, -0.05) is 88.6 Å². The Morgan fingerprint density at radius 3 is 2.12 bits per heavy atom. The zero-order valence-electron chi connectivity index (χ0n) is 16.2. The van der Waals surface area contributed by atoms with Crippen molar-refractivity contribution in [2.75, 3.05) is 13.2 Å². The molecule has 0 bridgehead atoms. The number of ether oxygens (including phenoxy) is 3. The molecule has 0 amide bonds. The first-order valence-electron chi connectivity index (χ1n) is 10.3. The van der Waals surface area contributed by atoms with Crippen molar-refractivity contribution in [3.63, 3.8) is 0 Å². The lowest BCUT2D eigenvalue weighted by molar-refractivity contribution is -0.229. The molecule has 4 heteroatoms. The zero-order valence-corrected chi connectivity index (χ0v) is 16.2. The Bertz CT molecular complexity index is 480. The molecule has 26 heavy (non-hydrogen) atoms. The summed E-state index contributed by atoms with van der Waals surface area (Å²) in [6.45, 7) is 3.03. The van der Waals surface area contributed by atoms with Crippen LogP contribution in [0.5, 0.6) is 0 Å². The third-order valence-corrected chi connectivity index (χ3v) is 4.72. The summed E-state index contributed by atoms with van der Waals surface area (Å²) in [4.78, 5) is 11.9. The summed E-state index contributed by atoms with van der Waals surface area (Å²) in [6.07, 6.45) is 11.0. The van der Waals surface area contributed by atoms with E-state index < -0.39 is 0 Å². The van der Waals surface area contributed by atoms with Gasteiger partial charge in [0.2, 0.25) is 0 Å². The van der Waals surface area contributed by atoms with Crippen molar-refractivity contribution in [3.8, 4) is 0 Å². The molecule has 0 aromatic heterocycles. The van der Waals surface area contributed by atoms with Gasteiger partial charge < -0.3 is 14.2 Å². The molecule has 2 rings (SSSR count). The number of rotatable bonds is 12. The van der Waals surface area contributed by atoms with Gasteiger partial charge in [0.25, 0.3) is 0 Å². The first kappa shape index (κ1) is 20.9. The molecular weight excluding hydrogens is 328 g/mol. The quantitative estimate of drug-likeness (QED) is 0.360. The SMILES string of the molecule is CCCCCCCCCCCC(=O)OC1COC(c2ccccc2)OC1. The van der Waals surface area contributed by atoms with E-state index in [-0.39, 0.29) is 18.4 Å². The summed E-state index contributed by atoms with van der Waals surface area (Å²) in [5, 5.41) is 0. The standard InChI is InChI=1S/C22H34O4/c1-2-3-4-5-6-7-8-9-13-16-21(23)26-20-17-24-22(25-18-20)19-14-11-10-12-15-19/h10-12,14-15,20,22H,2-9,13,16-18H2,1H3. The summed E-state index contributed by atoms with van der Waals surface area (Å²) in [5.74, 6) is -0.136. The molecule has 1 heterocycles. The minimum Gasteiger partial charge on any atom is -0.457 e. The smallest absolute Gasteiger partial charge is 0.306 e. The number of benzene rings is 1. The Kier molecular flexibility index (Phi) is 10.4. The Balaban J connectivity index is 1.48. The number of hydrogen-bond donors (Lipinski definition) is 0. The van der Waals surface area contributed by atoms with Crippen LogP contribution in [0.2, 0.25) is 0 Å². The first-order chi connectivity index (χ1) is 12.8. The largest absolute Gasteiger partial charge is 0.457 e. The van der Waals surface area contributed by atoms with Gasteiger partial charge in [-0.05, 0) is 6.42 Å². The molecule has 0 aliphatic carbocycles. The molecule has 1 aromatic rings. The molecule has 1 aliphatic heterocycles. The van der Waals surface area contributed by atoms with E-state index in [0.29, 0.717) is 19.6 Å². The Morgan fingerprint density at radius 2 is 1.50 bits per heavy atom. The van der Waals surface area contributed by atoms with E-state index in [1.807, 2.05) is 30.3 Å². The Morgan fingerprint density at radius 1 is 0.923 bits per heavy atom. The molecule has 0 spiro atoms. The molecule has 4 nitrogen and oxygen atoms in total. The minimum atomic E-state index is -0.358. The fraction of sp³-hybridized carbons (Fsp3) is 0.682. The van der Waals surface area contributed by atoms with E-state index in [4.69, 9.17) is 14.2 Å². The fourth-order valence-corrected chi connectivity index (χ4v) is 3.18. The summed E-state index contributed by atoms with van der Waals surface area (Å²) in [5.41, 5.74) is 0.993. The highest BCUT2D eigenvalue weighted by Gasteiger charge is 2.25. The van der Waals surface area contributed by atoms with E-state index in [0.717, 1.165) is 18.4 Å². The fourth-order valence-electron chi connectivity index (χ4n) is 3.18. The number of hydrogen-bond acceptors (Lipinski definition) is 4. The van der Waals surface area contributed by atoms with Crippen LogP contribution in [0.3, 0.4) is 0 Å². The van der Waals surface area contributed by atoms with Crippen LogP contribution in [-0.4, -0.2) is 25.3 Å². The average molecular weight is 363 g/mol. The van der Waals surface area contributed by atoms with Crippen LogP contribution in [0, 0.1) is 0 Å². The van der Waals surface area contributed by atoms with Crippen molar-refractivity contribution in [3.05, 3.63) is 35.9 Å². The predicted octanol–water partition coefficient (Wildman–Crippen LogP) is 5.56. The van der Waals surface area contributed by atoms with E-state index in [2.05, 4.69) is 6.92 Å². The highest BCUT2D eigenvalue weighted by molar-refractivity contribution is 5.69. The van der Waals surface area contributed by atoms with Crippen LogP contribution >= 0.6 is 0 Å². The van der Waals surface area contributed by atoms with Gasteiger partial charge in [-0.15, -0.1) is 0 Å². The Hall–Kier alpha value is -1.39. The van der Waals surface area contributed by atoms with Gasteiger partial charge in [0.05, 0.1) is 13.2 Å². The lowest BCUT2D eigenvalue weighted by Gasteiger charge is -2.29. The van der Waals surface area contributed by atoms with Crippen molar-refractivity contribution in [2.45, 2.75) is 83.5 Å². The lowest BCUT2D eigenvalue weighted by atomic mass is 10.1. The van der Waals surface area contributed by atoms with Crippen molar-refractivity contribution < 1.29 is 19.0 Å². The molecule has 0 radical (unpaired) electrons. The van der Waals surface area contributed by atoms with E-state index in [1.165, 1.54) is 44.9 Å². The Labute approximate surface area is 158 Å². The van der Waals surface area contributed by atoms with E-state index in [9.17, 15) is 4.79 Å². The average Bonchev–Trinajstić information content (AvgIpc) is 2.68. The summed E-state index contributed by atoms with van der Waals surface area (Å²) in [7, 11) is 0. The molecule has 0 saturated carbocycles. The molecule has 0 unspecified atom stereocenters. The molecule has 146 valence electrons. The third kappa shape index (κ3) is 8.33. The predicted molar refractivity (Wildman–Crippen MR) is 103 cm³/mol.